The van der Waals surface area contributed by atoms with Crippen LogP contribution in [0.2, 0.25) is 0 Å². The largest absolute Gasteiger partial charge is 0.378 e. The zero-order valence-corrected chi connectivity index (χ0v) is 16.5. The molecule has 0 aromatic heterocycles. The minimum absolute atomic E-state index is 0.0955. The number of likely N-dealkylation sites (N-methyl/N-ethyl adjacent to an activating group) is 1. The van der Waals surface area contributed by atoms with Gasteiger partial charge in [0, 0.05) is 37.2 Å². The Labute approximate surface area is 169 Å². The van der Waals surface area contributed by atoms with Crippen molar-refractivity contribution in [1.82, 2.24) is 4.90 Å². The molecule has 2 aromatic carbocycles. The monoisotopic (exact) mass is 402 g/mol. The molecule has 1 fully saturated rings. The van der Waals surface area contributed by atoms with Crippen LogP contribution in [0.15, 0.2) is 48.5 Å². The highest BCUT2D eigenvalue weighted by atomic mass is 32.1. The normalized spacial score (nSPS) is 13.7. The fourth-order valence-electron chi connectivity index (χ4n) is 2.82. The molecular weight excluding hydrogens is 379 g/mol. The molecule has 0 atom stereocenters. The van der Waals surface area contributed by atoms with Crippen molar-refractivity contribution in [2.45, 2.75) is 0 Å². The van der Waals surface area contributed by atoms with Crippen molar-refractivity contribution in [3.8, 4) is 0 Å². The number of ether oxygens (including phenoxy) is 1. The molecular formula is C20H23FN4O2S. The average molecular weight is 402 g/mol. The lowest BCUT2D eigenvalue weighted by Gasteiger charge is -2.29. The summed E-state index contributed by atoms with van der Waals surface area (Å²) in [5.74, 6) is -0.492. The van der Waals surface area contributed by atoms with Crippen molar-refractivity contribution in [3.63, 3.8) is 0 Å². The van der Waals surface area contributed by atoms with Gasteiger partial charge in [-0.2, -0.15) is 0 Å². The van der Waals surface area contributed by atoms with Crippen LogP contribution in [-0.2, 0) is 9.53 Å². The van der Waals surface area contributed by atoms with Gasteiger partial charge in [-0.3, -0.25) is 4.79 Å². The van der Waals surface area contributed by atoms with Gasteiger partial charge in [0.15, 0.2) is 5.11 Å². The Kier molecular flexibility index (Phi) is 6.78. The number of halogens is 1. The van der Waals surface area contributed by atoms with E-state index in [0.29, 0.717) is 10.8 Å². The zero-order valence-electron chi connectivity index (χ0n) is 15.7. The van der Waals surface area contributed by atoms with Crippen LogP contribution in [0.4, 0.5) is 21.5 Å². The Morgan fingerprint density at radius 2 is 1.64 bits per heavy atom. The molecule has 1 aliphatic heterocycles. The number of amides is 1. The maximum atomic E-state index is 13.0. The van der Waals surface area contributed by atoms with Crippen molar-refractivity contribution < 1.29 is 13.9 Å². The first-order valence-electron chi connectivity index (χ1n) is 9.01. The highest BCUT2D eigenvalue weighted by Gasteiger charge is 2.13. The molecule has 148 valence electrons. The molecule has 0 aliphatic carbocycles. The van der Waals surface area contributed by atoms with Gasteiger partial charge < -0.3 is 25.2 Å². The van der Waals surface area contributed by atoms with Gasteiger partial charge in [-0.25, -0.2) is 4.39 Å². The van der Waals surface area contributed by atoms with Crippen molar-refractivity contribution in [1.29, 1.82) is 0 Å². The maximum Gasteiger partial charge on any atom is 0.243 e. The van der Waals surface area contributed by atoms with Crippen LogP contribution in [0.1, 0.15) is 0 Å². The molecule has 8 heteroatoms. The van der Waals surface area contributed by atoms with Gasteiger partial charge in [0.2, 0.25) is 5.91 Å². The molecule has 1 heterocycles. The topological polar surface area (TPSA) is 56.8 Å². The number of benzene rings is 2. The summed E-state index contributed by atoms with van der Waals surface area (Å²) < 4.78 is 18.3. The smallest absolute Gasteiger partial charge is 0.243 e. The van der Waals surface area contributed by atoms with Gasteiger partial charge in [-0.05, 0) is 60.7 Å². The third-order valence-electron chi connectivity index (χ3n) is 4.35. The Balaban J connectivity index is 1.48. The lowest BCUT2D eigenvalue weighted by molar-refractivity contribution is -0.116. The van der Waals surface area contributed by atoms with Gasteiger partial charge in [0.25, 0.3) is 0 Å². The predicted molar refractivity (Wildman–Crippen MR) is 113 cm³/mol. The van der Waals surface area contributed by atoms with E-state index in [0.717, 1.165) is 37.7 Å². The van der Waals surface area contributed by atoms with Gasteiger partial charge in [-0.15, -0.1) is 0 Å². The lowest BCUT2D eigenvalue weighted by Crippen LogP contribution is -2.37. The van der Waals surface area contributed by atoms with Crippen LogP contribution >= 0.6 is 12.2 Å². The minimum atomic E-state index is -0.316. The zero-order chi connectivity index (χ0) is 19.9. The molecule has 3 rings (SSSR count). The van der Waals surface area contributed by atoms with Crippen LogP contribution < -0.4 is 15.5 Å². The molecule has 2 aromatic rings. The molecule has 0 radical (unpaired) electrons. The summed E-state index contributed by atoms with van der Waals surface area (Å²) in [4.78, 5) is 16.2. The number of hydrogen-bond donors (Lipinski definition) is 2. The number of nitrogens with zero attached hydrogens (tertiary/aromatic N) is 2. The standard InChI is InChI=1S/C20H23FN4O2S/c1-24(20(28)23-17-4-2-15(21)3-5-17)14-19(26)22-16-6-8-18(9-7-16)25-10-12-27-13-11-25/h2-9H,10-14H2,1H3,(H,22,26)(H,23,28). The molecule has 0 unspecified atom stereocenters. The van der Waals surface area contributed by atoms with E-state index >= 15 is 0 Å². The summed E-state index contributed by atoms with van der Waals surface area (Å²) >= 11 is 5.29. The lowest BCUT2D eigenvalue weighted by atomic mass is 10.2. The number of morpholine rings is 1. The molecule has 1 aliphatic rings. The summed E-state index contributed by atoms with van der Waals surface area (Å²) in [6.45, 7) is 3.30. The summed E-state index contributed by atoms with van der Waals surface area (Å²) in [5.41, 5.74) is 2.51. The number of thiocarbonyl (C=S) groups is 1. The molecule has 6 nitrogen and oxygen atoms in total. The van der Waals surface area contributed by atoms with E-state index in [-0.39, 0.29) is 18.3 Å². The Bertz CT molecular complexity index is 808. The SMILES string of the molecule is CN(CC(=O)Nc1ccc(N2CCOCC2)cc1)C(=S)Nc1ccc(F)cc1. The number of nitrogens with one attached hydrogen (secondary N) is 2. The number of rotatable bonds is 5. The van der Waals surface area contributed by atoms with Crippen LogP contribution in [0.25, 0.3) is 0 Å². The Morgan fingerprint density at radius 1 is 1.07 bits per heavy atom. The van der Waals surface area contributed by atoms with Crippen LogP contribution in [0.3, 0.4) is 0 Å². The first-order chi connectivity index (χ1) is 13.5. The predicted octanol–water partition coefficient (Wildman–Crippen LogP) is 2.93. The molecule has 2 N–H and O–H groups in total. The van der Waals surface area contributed by atoms with Gasteiger partial charge in [0.05, 0.1) is 19.8 Å². The number of hydrogen-bond acceptors (Lipinski definition) is 4. The van der Waals surface area contributed by atoms with E-state index in [4.69, 9.17) is 17.0 Å². The molecule has 28 heavy (non-hydrogen) atoms. The van der Waals surface area contributed by atoms with Gasteiger partial charge >= 0.3 is 0 Å². The molecule has 1 amide bonds. The third kappa shape index (κ3) is 5.64. The summed E-state index contributed by atoms with van der Waals surface area (Å²) in [5, 5.41) is 6.22. The van der Waals surface area contributed by atoms with E-state index in [1.54, 1.807) is 24.1 Å². The van der Waals surface area contributed by atoms with Crippen molar-refractivity contribution in [2.24, 2.45) is 0 Å². The quantitative estimate of drug-likeness (QED) is 0.750. The second-order valence-electron chi connectivity index (χ2n) is 6.49. The maximum absolute atomic E-state index is 13.0. The summed E-state index contributed by atoms with van der Waals surface area (Å²) in [6.07, 6.45) is 0. The highest BCUT2D eigenvalue weighted by Crippen LogP contribution is 2.19. The second-order valence-corrected chi connectivity index (χ2v) is 6.87. The summed E-state index contributed by atoms with van der Waals surface area (Å²) in [7, 11) is 1.72. The van der Waals surface area contributed by atoms with E-state index in [2.05, 4.69) is 15.5 Å². The number of carbonyl (C=O) groups is 1. The highest BCUT2D eigenvalue weighted by molar-refractivity contribution is 7.80. The second kappa shape index (κ2) is 9.48. The van der Waals surface area contributed by atoms with Crippen molar-refractivity contribution in [3.05, 3.63) is 54.3 Å². The van der Waals surface area contributed by atoms with E-state index in [1.165, 1.54) is 12.1 Å². The van der Waals surface area contributed by atoms with Crippen LogP contribution in [-0.4, -0.2) is 55.8 Å². The fraction of sp³-hybridized carbons (Fsp3) is 0.300. The number of carbonyl (C=O) groups excluding carboxylic acids is 1. The average Bonchev–Trinajstić information content (AvgIpc) is 2.71. The molecule has 0 saturated carbocycles. The molecule has 0 spiro atoms. The Hall–Kier alpha value is -2.71. The van der Waals surface area contributed by atoms with E-state index < -0.39 is 0 Å². The van der Waals surface area contributed by atoms with Gasteiger partial charge in [0.1, 0.15) is 5.82 Å². The first kappa shape index (κ1) is 20.0. The van der Waals surface area contributed by atoms with Crippen LogP contribution in [0.5, 0.6) is 0 Å². The molecule has 1 saturated heterocycles. The van der Waals surface area contributed by atoms with Crippen LogP contribution in [0, 0.1) is 5.82 Å². The van der Waals surface area contributed by atoms with E-state index in [1.807, 2.05) is 24.3 Å². The fourth-order valence-corrected chi connectivity index (χ4v) is 3.00. The van der Waals surface area contributed by atoms with Gasteiger partial charge in [-0.1, -0.05) is 0 Å². The minimum Gasteiger partial charge on any atom is -0.378 e. The number of anilines is 3. The van der Waals surface area contributed by atoms with Crippen molar-refractivity contribution >= 4 is 40.3 Å². The first-order valence-corrected chi connectivity index (χ1v) is 9.42. The van der Waals surface area contributed by atoms with Crippen molar-refractivity contribution in [2.75, 3.05) is 55.4 Å². The molecule has 0 bridgehead atoms. The third-order valence-corrected chi connectivity index (χ3v) is 4.76. The Morgan fingerprint density at radius 3 is 2.29 bits per heavy atom. The van der Waals surface area contributed by atoms with E-state index in [9.17, 15) is 9.18 Å². The summed E-state index contributed by atoms with van der Waals surface area (Å²) in [6, 6.07) is 13.6.